The van der Waals surface area contributed by atoms with Crippen molar-refractivity contribution in [2.75, 3.05) is 6.61 Å². The highest BCUT2D eigenvalue weighted by Crippen LogP contribution is 2.35. The average molecular weight is 223 g/mol. The Morgan fingerprint density at radius 2 is 2.00 bits per heavy atom. The number of non-ortho nitro benzene ring substituents is 1. The van der Waals surface area contributed by atoms with Crippen molar-refractivity contribution in [1.29, 1.82) is 0 Å². The summed E-state index contributed by atoms with van der Waals surface area (Å²) >= 11 is 0. The number of hydrogen-bond acceptors (Lipinski definition) is 4. The Morgan fingerprint density at radius 3 is 2.44 bits per heavy atom. The molecule has 1 saturated heterocycles. The van der Waals surface area contributed by atoms with Crippen LogP contribution < -0.4 is 4.74 Å². The maximum Gasteiger partial charge on any atom is 0.269 e. The third-order valence-electron chi connectivity index (χ3n) is 2.61. The van der Waals surface area contributed by atoms with Crippen molar-refractivity contribution in [2.24, 2.45) is 0 Å². The fourth-order valence-corrected chi connectivity index (χ4v) is 1.40. The van der Waals surface area contributed by atoms with Gasteiger partial charge in [-0.3, -0.25) is 10.1 Å². The summed E-state index contributed by atoms with van der Waals surface area (Å²) in [5.74, 6) is 0.622. The third-order valence-corrected chi connectivity index (χ3v) is 2.61. The van der Waals surface area contributed by atoms with E-state index in [1.165, 1.54) is 12.1 Å². The van der Waals surface area contributed by atoms with Gasteiger partial charge in [0.15, 0.2) is 0 Å². The molecule has 16 heavy (non-hydrogen) atoms. The maximum atomic E-state index is 10.4. The molecule has 1 unspecified atom stereocenters. The second-order valence-electron chi connectivity index (χ2n) is 4.27. The van der Waals surface area contributed by atoms with E-state index in [4.69, 9.17) is 9.47 Å². The average Bonchev–Trinajstić information content (AvgIpc) is 2.84. The minimum Gasteiger partial charge on any atom is -0.491 e. The summed E-state index contributed by atoms with van der Waals surface area (Å²) in [7, 11) is 0. The van der Waals surface area contributed by atoms with E-state index in [9.17, 15) is 10.1 Å². The molecule has 5 nitrogen and oxygen atoms in total. The standard InChI is InChI=1S/C11H13NO4/c1-11(2)10(16-11)7-15-9-5-3-8(4-6-9)12(13)14/h3-6,10H,7H2,1-2H3. The minimum absolute atomic E-state index is 0.0651. The Balaban J connectivity index is 1.88. The van der Waals surface area contributed by atoms with E-state index >= 15 is 0 Å². The zero-order valence-corrected chi connectivity index (χ0v) is 9.17. The van der Waals surface area contributed by atoms with Crippen molar-refractivity contribution in [3.63, 3.8) is 0 Å². The van der Waals surface area contributed by atoms with Crippen molar-refractivity contribution >= 4 is 5.69 Å². The van der Waals surface area contributed by atoms with Gasteiger partial charge in [-0.15, -0.1) is 0 Å². The minimum atomic E-state index is -0.434. The van der Waals surface area contributed by atoms with Crippen molar-refractivity contribution in [3.8, 4) is 5.75 Å². The Labute approximate surface area is 93.1 Å². The van der Waals surface area contributed by atoms with Crippen LogP contribution in [-0.4, -0.2) is 23.2 Å². The van der Waals surface area contributed by atoms with E-state index in [1.807, 2.05) is 13.8 Å². The third kappa shape index (κ3) is 2.30. The van der Waals surface area contributed by atoms with Crippen LogP contribution in [0.5, 0.6) is 5.75 Å². The Hall–Kier alpha value is -1.62. The molecule has 1 aromatic rings. The second-order valence-corrected chi connectivity index (χ2v) is 4.27. The van der Waals surface area contributed by atoms with Crippen LogP contribution in [0.1, 0.15) is 13.8 Å². The van der Waals surface area contributed by atoms with Crippen LogP contribution in [0.2, 0.25) is 0 Å². The summed E-state index contributed by atoms with van der Waals surface area (Å²) < 4.78 is 10.8. The zero-order valence-electron chi connectivity index (χ0n) is 9.17. The van der Waals surface area contributed by atoms with Gasteiger partial charge < -0.3 is 9.47 Å². The van der Waals surface area contributed by atoms with Gasteiger partial charge in [0.05, 0.1) is 10.5 Å². The molecule has 1 fully saturated rings. The van der Waals surface area contributed by atoms with Gasteiger partial charge in [-0.1, -0.05) is 0 Å². The smallest absolute Gasteiger partial charge is 0.269 e. The Morgan fingerprint density at radius 1 is 1.44 bits per heavy atom. The molecule has 1 aromatic carbocycles. The molecule has 1 atom stereocenters. The second kappa shape index (κ2) is 3.75. The monoisotopic (exact) mass is 223 g/mol. The number of hydrogen-bond donors (Lipinski definition) is 0. The number of benzene rings is 1. The molecule has 1 aliphatic rings. The van der Waals surface area contributed by atoms with E-state index in [2.05, 4.69) is 0 Å². The van der Waals surface area contributed by atoms with Crippen LogP contribution in [0.3, 0.4) is 0 Å². The fourth-order valence-electron chi connectivity index (χ4n) is 1.40. The van der Waals surface area contributed by atoms with Crippen molar-refractivity contribution in [3.05, 3.63) is 34.4 Å². The number of ether oxygens (including phenoxy) is 2. The summed E-state index contributed by atoms with van der Waals surface area (Å²) in [5, 5.41) is 10.4. The lowest BCUT2D eigenvalue weighted by atomic mass is 10.1. The molecule has 0 aromatic heterocycles. The largest absolute Gasteiger partial charge is 0.491 e. The van der Waals surface area contributed by atoms with Crippen LogP contribution in [0.15, 0.2) is 24.3 Å². The molecule has 0 radical (unpaired) electrons. The molecule has 1 aliphatic heterocycles. The first kappa shape index (κ1) is 10.9. The quantitative estimate of drug-likeness (QED) is 0.445. The lowest BCUT2D eigenvalue weighted by Gasteiger charge is -2.03. The van der Waals surface area contributed by atoms with Crippen LogP contribution in [-0.2, 0) is 4.74 Å². The molecular formula is C11H13NO4. The van der Waals surface area contributed by atoms with Crippen LogP contribution >= 0.6 is 0 Å². The van der Waals surface area contributed by atoms with Gasteiger partial charge in [0.2, 0.25) is 0 Å². The predicted molar refractivity (Wildman–Crippen MR) is 57.5 cm³/mol. The van der Waals surface area contributed by atoms with E-state index in [0.717, 1.165) is 0 Å². The van der Waals surface area contributed by atoms with Gasteiger partial charge in [-0.2, -0.15) is 0 Å². The number of rotatable bonds is 4. The summed E-state index contributed by atoms with van der Waals surface area (Å²) in [6.07, 6.45) is 0.114. The Bertz CT molecular complexity index is 399. The molecular weight excluding hydrogens is 210 g/mol. The molecule has 0 aliphatic carbocycles. The first-order valence-electron chi connectivity index (χ1n) is 5.04. The highest BCUT2D eigenvalue weighted by molar-refractivity contribution is 5.36. The fraction of sp³-hybridized carbons (Fsp3) is 0.455. The molecule has 0 bridgehead atoms. The number of nitro groups is 1. The molecule has 0 spiro atoms. The number of nitro benzene ring substituents is 1. The summed E-state index contributed by atoms with van der Waals surface area (Å²) in [6.45, 7) is 4.47. The van der Waals surface area contributed by atoms with E-state index in [0.29, 0.717) is 12.4 Å². The first-order valence-corrected chi connectivity index (χ1v) is 5.04. The number of epoxide rings is 1. The molecule has 5 heteroatoms. The van der Waals surface area contributed by atoms with Crippen LogP contribution in [0.4, 0.5) is 5.69 Å². The van der Waals surface area contributed by atoms with Crippen molar-refractivity contribution < 1.29 is 14.4 Å². The van der Waals surface area contributed by atoms with Gasteiger partial charge in [0.25, 0.3) is 5.69 Å². The molecule has 86 valence electrons. The lowest BCUT2D eigenvalue weighted by Crippen LogP contribution is -2.12. The predicted octanol–water partition coefficient (Wildman–Crippen LogP) is 2.15. The van der Waals surface area contributed by atoms with Crippen LogP contribution in [0, 0.1) is 10.1 Å². The summed E-state index contributed by atoms with van der Waals surface area (Å²) in [4.78, 5) is 9.98. The molecule has 0 amide bonds. The highest BCUT2D eigenvalue weighted by atomic mass is 16.6. The first-order chi connectivity index (χ1) is 7.49. The van der Waals surface area contributed by atoms with E-state index < -0.39 is 4.92 Å². The molecule has 0 N–H and O–H groups in total. The molecule has 0 saturated carbocycles. The van der Waals surface area contributed by atoms with Gasteiger partial charge >= 0.3 is 0 Å². The van der Waals surface area contributed by atoms with Crippen molar-refractivity contribution in [2.45, 2.75) is 25.6 Å². The Kier molecular flexibility index (Phi) is 2.55. The highest BCUT2D eigenvalue weighted by Gasteiger charge is 2.48. The SMILES string of the molecule is CC1(C)OC1COc1ccc([N+](=O)[O-])cc1. The molecule has 2 rings (SSSR count). The zero-order chi connectivity index (χ0) is 11.8. The van der Waals surface area contributed by atoms with Gasteiger partial charge in [-0.05, 0) is 26.0 Å². The molecule has 1 heterocycles. The van der Waals surface area contributed by atoms with Gasteiger partial charge in [-0.25, -0.2) is 0 Å². The topological polar surface area (TPSA) is 64.9 Å². The summed E-state index contributed by atoms with van der Waals surface area (Å²) in [5.41, 5.74) is -0.0313. The van der Waals surface area contributed by atoms with E-state index in [-0.39, 0.29) is 17.4 Å². The normalized spacial score (nSPS) is 21.5. The number of nitrogens with zero attached hydrogens (tertiary/aromatic N) is 1. The van der Waals surface area contributed by atoms with Crippen LogP contribution in [0.25, 0.3) is 0 Å². The van der Waals surface area contributed by atoms with E-state index in [1.54, 1.807) is 12.1 Å². The maximum absolute atomic E-state index is 10.4. The summed E-state index contributed by atoms with van der Waals surface area (Å²) in [6, 6.07) is 6.03. The van der Waals surface area contributed by atoms with Gasteiger partial charge in [0, 0.05) is 12.1 Å². The van der Waals surface area contributed by atoms with Gasteiger partial charge in [0.1, 0.15) is 18.5 Å². The van der Waals surface area contributed by atoms with Crippen molar-refractivity contribution in [1.82, 2.24) is 0 Å². The lowest BCUT2D eigenvalue weighted by molar-refractivity contribution is -0.384.